The minimum Gasteiger partial charge on any atom is -0.497 e. The number of sulfonamides is 1. The summed E-state index contributed by atoms with van der Waals surface area (Å²) in [6.45, 7) is 0.407. The lowest BCUT2D eigenvalue weighted by Gasteiger charge is -2.23. The first-order chi connectivity index (χ1) is 14.4. The minimum absolute atomic E-state index is 0.126. The van der Waals surface area contributed by atoms with Gasteiger partial charge in [0.25, 0.3) is 0 Å². The zero-order valence-electron chi connectivity index (χ0n) is 16.6. The van der Waals surface area contributed by atoms with Crippen molar-refractivity contribution in [3.05, 3.63) is 95.6 Å². The summed E-state index contributed by atoms with van der Waals surface area (Å²) in [7, 11) is -2.23. The van der Waals surface area contributed by atoms with E-state index >= 15 is 0 Å². The molecule has 0 bridgehead atoms. The summed E-state index contributed by atoms with van der Waals surface area (Å²) < 4.78 is 33.3. The lowest BCUT2D eigenvalue weighted by molar-refractivity contribution is -0.136. The first-order valence-corrected chi connectivity index (χ1v) is 10.8. The fourth-order valence-corrected chi connectivity index (χ4v) is 4.47. The van der Waals surface area contributed by atoms with Gasteiger partial charge in [0, 0.05) is 13.1 Å². The first-order valence-electron chi connectivity index (χ1n) is 9.36. The zero-order valence-corrected chi connectivity index (χ0v) is 17.4. The van der Waals surface area contributed by atoms with E-state index in [0.29, 0.717) is 11.3 Å². The van der Waals surface area contributed by atoms with Crippen LogP contribution in [0.4, 0.5) is 0 Å². The molecule has 0 aliphatic carbocycles. The number of ether oxygens (including phenoxy) is 1. The number of hydrogen-bond donors (Lipinski definition) is 1. The second kappa shape index (κ2) is 9.56. The van der Waals surface area contributed by atoms with Crippen LogP contribution in [0.15, 0.2) is 83.8 Å². The highest BCUT2D eigenvalue weighted by Crippen LogP contribution is 2.23. The normalized spacial score (nSPS) is 11.4. The first kappa shape index (κ1) is 21.5. The van der Waals surface area contributed by atoms with E-state index in [4.69, 9.17) is 9.84 Å². The van der Waals surface area contributed by atoms with Crippen molar-refractivity contribution in [1.82, 2.24) is 4.31 Å². The molecule has 0 fully saturated rings. The Balaban J connectivity index is 1.91. The van der Waals surface area contributed by atoms with E-state index < -0.39 is 16.0 Å². The van der Waals surface area contributed by atoms with E-state index in [2.05, 4.69) is 0 Å². The third-order valence-corrected chi connectivity index (χ3v) is 6.44. The zero-order chi connectivity index (χ0) is 21.6. The molecule has 0 saturated heterocycles. The Labute approximate surface area is 176 Å². The van der Waals surface area contributed by atoms with E-state index in [1.54, 1.807) is 19.2 Å². The molecule has 6 nitrogen and oxygen atoms in total. The molecule has 3 aromatic carbocycles. The Bertz CT molecular complexity index is 1080. The molecule has 0 unspecified atom stereocenters. The second-order valence-electron chi connectivity index (χ2n) is 6.82. The van der Waals surface area contributed by atoms with Crippen molar-refractivity contribution in [3.8, 4) is 5.75 Å². The Morgan fingerprint density at radius 3 is 1.90 bits per heavy atom. The topological polar surface area (TPSA) is 83.9 Å². The van der Waals surface area contributed by atoms with Crippen LogP contribution in [-0.2, 0) is 34.3 Å². The van der Waals surface area contributed by atoms with Crippen LogP contribution >= 0.6 is 0 Å². The summed E-state index contributed by atoms with van der Waals surface area (Å²) in [5.41, 5.74) is 2.25. The van der Waals surface area contributed by atoms with Gasteiger partial charge in [-0.3, -0.25) is 4.79 Å². The van der Waals surface area contributed by atoms with Crippen LogP contribution < -0.4 is 4.74 Å². The third-order valence-electron chi connectivity index (χ3n) is 4.64. The van der Waals surface area contributed by atoms with E-state index in [0.717, 1.165) is 11.1 Å². The standard InChI is InChI=1S/C23H23NO5S/c1-29-21-11-7-20(8-12-21)17-24(16-19-5-3-2-4-6-19)30(27,28)22-13-9-18(10-14-22)15-23(25)26/h2-14H,15-17H2,1H3,(H,25,26). The van der Waals surface area contributed by atoms with Crippen molar-refractivity contribution in [1.29, 1.82) is 0 Å². The molecular formula is C23H23NO5S. The highest BCUT2D eigenvalue weighted by atomic mass is 32.2. The largest absolute Gasteiger partial charge is 0.497 e. The molecule has 3 rings (SSSR count). The number of hydrogen-bond acceptors (Lipinski definition) is 4. The van der Waals surface area contributed by atoms with Crippen molar-refractivity contribution in [2.45, 2.75) is 24.4 Å². The predicted octanol–water partition coefficient (Wildman–Crippen LogP) is 3.71. The average molecular weight is 426 g/mol. The van der Waals surface area contributed by atoms with Gasteiger partial charge in [0.05, 0.1) is 18.4 Å². The molecule has 156 valence electrons. The molecular weight excluding hydrogens is 402 g/mol. The molecule has 0 aromatic heterocycles. The summed E-state index contributed by atoms with van der Waals surface area (Å²) in [4.78, 5) is 11.0. The van der Waals surface area contributed by atoms with Gasteiger partial charge in [-0.25, -0.2) is 8.42 Å². The van der Waals surface area contributed by atoms with E-state index in [1.165, 1.54) is 28.6 Å². The van der Waals surface area contributed by atoms with Gasteiger partial charge in [-0.1, -0.05) is 54.6 Å². The van der Waals surface area contributed by atoms with E-state index in [-0.39, 0.29) is 24.4 Å². The van der Waals surface area contributed by atoms with Gasteiger partial charge in [0.2, 0.25) is 10.0 Å². The molecule has 0 radical (unpaired) electrons. The van der Waals surface area contributed by atoms with Crippen molar-refractivity contribution in [3.63, 3.8) is 0 Å². The smallest absolute Gasteiger partial charge is 0.307 e. The van der Waals surface area contributed by atoms with Gasteiger partial charge in [-0.2, -0.15) is 4.31 Å². The molecule has 0 amide bonds. The molecule has 0 heterocycles. The lowest BCUT2D eigenvalue weighted by Crippen LogP contribution is -2.30. The van der Waals surface area contributed by atoms with Crippen LogP contribution in [0.1, 0.15) is 16.7 Å². The maximum Gasteiger partial charge on any atom is 0.307 e. The van der Waals surface area contributed by atoms with Crippen LogP contribution in [-0.4, -0.2) is 30.9 Å². The maximum atomic E-state index is 13.4. The summed E-state index contributed by atoms with van der Waals surface area (Å²) in [5.74, 6) is -0.263. The maximum absolute atomic E-state index is 13.4. The Morgan fingerprint density at radius 2 is 1.37 bits per heavy atom. The molecule has 0 atom stereocenters. The van der Waals surface area contributed by atoms with Crippen LogP contribution in [0, 0.1) is 0 Å². The SMILES string of the molecule is COc1ccc(CN(Cc2ccccc2)S(=O)(=O)c2ccc(CC(=O)O)cc2)cc1. The number of carboxylic acids is 1. The summed E-state index contributed by atoms with van der Waals surface area (Å²) >= 11 is 0. The fraction of sp³-hybridized carbons (Fsp3) is 0.174. The number of rotatable bonds is 9. The Hall–Kier alpha value is -3.16. The molecule has 30 heavy (non-hydrogen) atoms. The van der Waals surface area contributed by atoms with Crippen LogP contribution in [0.2, 0.25) is 0 Å². The molecule has 3 aromatic rings. The molecule has 7 heteroatoms. The Morgan fingerprint density at radius 1 is 0.833 bits per heavy atom. The number of nitrogens with zero attached hydrogens (tertiary/aromatic N) is 1. The number of methoxy groups -OCH3 is 1. The van der Waals surface area contributed by atoms with Crippen LogP contribution in [0.25, 0.3) is 0 Å². The van der Waals surface area contributed by atoms with Gasteiger partial charge in [-0.05, 0) is 41.0 Å². The molecule has 0 aliphatic rings. The van der Waals surface area contributed by atoms with E-state index in [9.17, 15) is 13.2 Å². The van der Waals surface area contributed by atoms with Gasteiger partial charge >= 0.3 is 5.97 Å². The third kappa shape index (κ3) is 5.46. The van der Waals surface area contributed by atoms with Gasteiger partial charge in [0.15, 0.2) is 0 Å². The quantitative estimate of drug-likeness (QED) is 0.565. The molecule has 0 aliphatic heterocycles. The van der Waals surface area contributed by atoms with Gasteiger partial charge in [0.1, 0.15) is 5.75 Å². The van der Waals surface area contributed by atoms with Gasteiger partial charge in [-0.15, -0.1) is 0 Å². The fourth-order valence-electron chi connectivity index (χ4n) is 3.05. The average Bonchev–Trinajstić information content (AvgIpc) is 2.74. The highest BCUT2D eigenvalue weighted by molar-refractivity contribution is 7.89. The summed E-state index contributed by atoms with van der Waals surface area (Å²) in [6.07, 6.45) is -0.153. The number of benzene rings is 3. The molecule has 1 N–H and O–H groups in total. The monoisotopic (exact) mass is 425 g/mol. The summed E-state index contributed by atoms with van der Waals surface area (Å²) in [6, 6.07) is 22.6. The van der Waals surface area contributed by atoms with Crippen molar-refractivity contribution in [2.75, 3.05) is 7.11 Å². The lowest BCUT2D eigenvalue weighted by atomic mass is 10.2. The van der Waals surface area contributed by atoms with Gasteiger partial charge < -0.3 is 9.84 Å². The highest BCUT2D eigenvalue weighted by Gasteiger charge is 2.25. The van der Waals surface area contributed by atoms with Crippen molar-refractivity contribution in [2.24, 2.45) is 0 Å². The van der Waals surface area contributed by atoms with Crippen LogP contribution in [0.3, 0.4) is 0 Å². The second-order valence-corrected chi connectivity index (χ2v) is 8.76. The van der Waals surface area contributed by atoms with E-state index in [1.807, 2.05) is 42.5 Å². The number of carboxylic acid groups (broad SMARTS) is 1. The Kier molecular flexibility index (Phi) is 6.87. The molecule has 0 spiro atoms. The predicted molar refractivity (Wildman–Crippen MR) is 114 cm³/mol. The minimum atomic E-state index is -3.80. The number of aliphatic carboxylic acids is 1. The van der Waals surface area contributed by atoms with Crippen molar-refractivity contribution < 1.29 is 23.1 Å². The van der Waals surface area contributed by atoms with Crippen LogP contribution in [0.5, 0.6) is 5.75 Å². The summed E-state index contributed by atoms with van der Waals surface area (Å²) in [5, 5.41) is 8.91. The van der Waals surface area contributed by atoms with Crippen molar-refractivity contribution >= 4 is 16.0 Å². The molecule has 0 saturated carbocycles. The number of carbonyl (C=O) groups is 1.